The fourth-order valence-electron chi connectivity index (χ4n) is 2.21. The van der Waals surface area contributed by atoms with Gasteiger partial charge in [-0.2, -0.15) is 9.97 Å². The molecular weight excluding hydrogens is 420 g/mol. The van der Waals surface area contributed by atoms with E-state index >= 15 is 0 Å². The molecule has 2 rings (SSSR count). The van der Waals surface area contributed by atoms with E-state index in [1.807, 2.05) is 5.32 Å². The zero-order valence-electron chi connectivity index (χ0n) is 16.2. The summed E-state index contributed by atoms with van der Waals surface area (Å²) in [5.74, 6) is -4.53. The van der Waals surface area contributed by atoms with Crippen LogP contribution < -0.4 is 19.5 Å². The summed E-state index contributed by atoms with van der Waals surface area (Å²) in [7, 11) is -0.535. The van der Waals surface area contributed by atoms with Crippen molar-refractivity contribution in [1.29, 1.82) is 0 Å². The lowest BCUT2D eigenvalue weighted by atomic mass is 10.1. The Hall–Kier alpha value is -3.74. The van der Waals surface area contributed by atoms with Gasteiger partial charge in [0.2, 0.25) is 27.7 Å². The Labute approximate surface area is 171 Å². The van der Waals surface area contributed by atoms with E-state index in [0.717, 1.165) is 7.11 Å². The maximum atomic E-state index is 12.3. The smallest absolute Gasteiger partial charge is 0.338 e. The number of rotatable bonds is 7. The van der Waals surface area contributed by atoms with Crippen LogP contribution in [-0.2, 0) is 30.1 Å². The zero-order valence-corrected chi connectivity index (χ0v) is 17.0. The van der Waals surface area contributed by atoms with Gasteiger partial charge in [0, 0.05) is 0 Å². The molecule has 0 atom stereocenters. The Kier molecular flexibility index (Phi) is 7.25. The number of hydrogen-bond acceptors (Lipinski definition) is 10. The lowest BCUT2D eigenvalue weighted by Gasteiger charge is -2.10. The van der Waals surface area contributed by atoms with Crippen LogP contribution in [0.15, 0.2) is 30.3 Å². The minimum Gasteiger partial charge on any atom is -0.481 e. The number of nitrogens with one attached hydrogen (secondary N) is 2. The summed E-state index contributed by atoms with van der Waals surface area (Å²) >= 11 is 0. The minimum absolute atomic E-state index is 0.0131. The summed E-state index contributed by atoms with van der Waals surface area (Å²) in [6.45, 7) is 0. The summed E-state index contributed by atoms with van der Waals surface area (Å²) in [6, 6.07) is 7.13. The third-order valence-electron chi connectivity index (χ3n) is 3.55. The molecule has 0 spiro atoms. The van der Waals surface area contributed by atoms with E-state index in [1.165, 1.54) is 44.6 Å². The van der Waals surface area contributed by atoms with Crippen molar-refractivity contribution >= 4 is 33.8 Å². The van der Waals surface area contributed by atoms with E-state index in [-0.39, 0.29) is 28.8 Å². The number of sulfonamides is 1. The highest BCUT2D eigenvalue weighted by atomic mass is 32.2. The third-order valence-corrected chi connectivity index (χ3v) is 4.73. The molecule has 12 nitrogen and oxygen atoms in total. The second kappa shape index (κ2) is 9.65. The fourth-order valence-corrected chi connectivity index (χ4v) is 3.32. The highest BCUT2D eigenvalue weighted by molar-refractivity contribution is 7.89. The van der Waals surface area contributed by atoms with Crippen molar-refractivity contribution in [3.05, 3.63) is 41.5 Å². The average Bonchev–Trinajstić information content (AvgIpc) is 2.72. The van der Waals surface area contributed by atoms with Gasteiger partial charge in [0.05, 0.1) is 38.7 Å². The number of anilines is 1. The van der Waals surface area contributed by atoms with Crippen LogP contribution in [0.2, 0.25) is 0 Å². The normalized spacial score (nSPS) is 10.6. The molecule has 0 bridgehead atoms. The molecule has 1 aromatic heterocycles. The second-order valence-corrected chi connectivity index (χ2v) is 7.29. The molecule has 0 fully saturated rings. The number of esters is 1. The number of hydrogen-bond donors (Lipinski definition) is 2. The first-order valence-corrected chi connectivity index (χ1v) is 9.83. The van der Waals surface area contributed by atoms with Crippen molar-refractivity contribution in [1.82, 2.24) is 14.7 Å². The van der Waals surface area contributed by atoms with Crippen molar-refractivity contribution in [2.75, 3.05) is 26.6 Å². The topological polar surface area (TPSA) is 163 Å². The first kappa shape index (κ1) is 22.5. The number of carbonyl (C=O) groups is 3. The van der Waals surface area contributed by atoms with Crippen LogP contribution in [0.3, 0.4) is 0 Å². The van der Waals surface area contributed by atoms with Crippen molar-refractivity contribution in [3.63, 3.8) is 0 Å². The molecule has 2 amide bonds. The van der Waals surface area contributed by atoms with Crippen LogP contribution in [0.1, 0.15) is 15.9 Å². The summed E-state index contributed by atoms with van der Waals surface area (Å²) < 4.78 is 40.6. The number of nitrogens with zero attached hydrogens (tertiary/aromatic N) is 2. The molecule has 1 aromatic carbocycles. The first-order chi connectivity index (χ1) is 14.2. The van der Waals surface area contributed by atoms with Gasteiger partial charge < -0.3 is 14.2 Å². The number of benzene rings is 1. The Bertz CT molecular complexity index is 1050. The maximum Gasteiger partial charge on any atom is 0.338 e. The molecule has 30 heavy (non-hydrogen) atoms. The van der Waals surface area contributed by atoms with Gasteiger partial charge in [-0.25, -0.2) is 17.9 Å². The summed E-state index contributed by atoms with van der Waals surface area (Å²) in [5.41, 5.74) is 0.102. The Balaban J connectivity index is 2.12. The molecule has 0 saturated carbocycles. The second-order valence-electron chi connectivity index (χ2n) is 5.57. The number of ether oxygens (including phenoxy) is 3. The van der Waals surface area contributed by atoms with Crippen LogP contribution in [0.25, 0.3) is 0 Å². The van der Waals surface area contributed by atoms with Gasteiger partial charge in [0.15, 0.2) is 0 Å². The van der Waals surface area contributed by atoms with Crippen molar-refractivity contribution in [3.8, 4) is 11.8 Å². The van der Waals surface area contributed by atoms with Gasteiger partial charge >= 0.3 is 17.8 Å². The molecule has 0 unspecified atom stereocenters. The molecule has 2 aromatic rings. The van der Waals surface area contributed by atoms with Crippen molar-refractivity contribution in [2.45, 2.75) is 5.75 Å². The van der Waals surface area contributed by atoms with Crippen molar-refractivity contribution in [2.24, 2.45) is 0 Å². The van der Waals surface area contributed by atoms with Crippen LogP contribution in [0.4, 0.5) is 5.95 Å². The molecule has 0 aliphatic heterocycles. The molecule has 0 saturated heterocycles. The average molecular weight is 438 g/mol. The Morgan fingerprint density at radius 2 is 1.57 bits per heavy atom. The largest absolute Gasteiger partial charge is 0.481 e. The number of aromatic nitrogens is 2. The van der Waals surface area contributed by atoms with E-state index in [4.69, 9.17) is 9.47 Å². The Morgan fingerprint density at radius 3 is 2.13 bits per heavy atom. The molecule has 13 heteroatoms. The van der Waals surface area contributed by atoms with E-state index in [0.29, 0.717) is 0 Å². The molecule has 0 aliphatic rings. The molecule has 2 N–H and O–H groups in total. The monoisotopic (exact) mass is 438 g/mol. The standard InChI is InChI=1S/C17H18N4O8S/c1-27-12-8-13(28-2)19-17(18-12)20-14(22)15(23)21-30(25,26)9-10-6-4-5-7-11(10)16(24)29-3/h4-8H,9H2,1-3H3,(H,21,23)(H,18,19,20,22). The maximum absolute atomic E-state index is 12.3. The van der Waals surface area contributed by atoms with Gasteiger partial charge in [-0.1, -0.05) is 18.2 Å². The van der Waals surface area contributed by atoms with Crippen LogP contribution >= 0.6 is 0 Å². The molecule has 160 valence electrons. The van der Waals surface area contributed by atoms with Gasteiger partial charge in [0.25, 0.3) is 0 Å². The number of carbonyl (C=O) groups excluding carboxylic acids is 3. The summed E-state index contributed by atoms with van der Waals surface area (Å²) in [6.07, 6.45) is 0. The molecular formula is C17H18N4O8S. The van der Waals surface area contributed by atoms with E-state index < -0.39 is 33.6 Å². The van der Waals surface area contributed by atoms with Gasteiger partial charge in [-0.05, 0) is 11.6 Å². The van der Waals surface area contributed by atoms with Gasteiger partial charge in [-0.15, -0.1) is 0 Å². The van der Waals surface area contributed by atoms with E-state index in [1.54, 1.807) is 4.72 Å². The van der Waals surface area contributed by atoms with Gasteiger partial charge in [0.1, 0.15) is 0 Å². The van der Waals surface area contributed by atoms with Crippen molar-refractivity contribution < 1.29 is 37.0 Å². The van der Waals surface area contributed by atoms with Crippen LogP contribution in [0, 0.1) is 0 Å². The van der Waals surface area contributed by atoms with Gasteiger partial charge in [-0.3, -0.25) is 14.9 Å². The summed E-state index contributed by atoms with van der Waals surface area (Å²) in [5, 5.41) is 2.04. The number of amides is 2. The Morgan fingerprint density at radius 1 is 0.967 bits per heavy atom. The zero-order chi connectivity index (χ0) is 22.3. The fraction of sp³-hybridized carbons (Fsp3) is 0.235. The number of methoxy groups -OCH3 is 3. The SMILES string of the molecule is COC(=O)c1ccccc1CS(=O)(=O)NC(=O)C(=O)Nc1nc(OC)cc(OC)n1. The lowest BCUT2D eigenvalue weighted by molar-refractivity contribution is -0.135. The minimum atomic E-state index is -4.32. The molecule has 0 aliphatic carbocycles. The van der Waals surface area contributed by atoms with Crippen LogP contribution in [0.5, 0.6) is 11.8 Å². The van der Waals surface area contributed by atoms with E-state index in [2.05, 4.69) is 14.7 Å². The summed E-state index contributed by atoms with van der Waals surface area (Å²) in [4.78, 5) is 43.4. The quantitative estimate of drug-likeness (QED) is 0.439. The highest BCUT2D eigenvalue weighted by Crippen LogP contribution is 2.17. The van der Waals surface area contributed by atoms with E-state index in [9.17, 15) is 22.8 Å². The first-order valence-electron chi connectivity index (χ1n) is 8.18. The lowest BCUT2D eigenvalue weighted by Crippen LogP contribution is -2.40. The molecule has 1 heterocycles. The van der Waals surface area contributed by atoms with Crippen LogP contribution in [-0.4, -0.2) is 57.5 Å². The molecule has 0 radical (unpaired) electrons. The predicted molar refractivity (Wildman–Crippen MR) is 102 cm³/mol. The highest BCUT2D eigenvalue weighted by Gasteiger charge is 2.24. The predicted octanol–water partition coefficient (Wildman–Crippen LogP) is -0.135. The third kappa shape index (κ3) is 5.88.